The van der Waals surface area contributed by atoms with Crippen LogP contribution in [-0.4, -0.2) is 96.7 Å². The van der Waals surface area contributed by atoms with Crippen molar-refractivity contribution in [3.63, 3.8) is 0 Å². The Kier molecular flexibility index (Phi) is 69.7. The molecule has 2 unspecified atom stereocenters. The third kappa shape index (κ3) is 71.2. The van der Waals surface area contributed by atoms with Crippen molar-refractivity contribution in [2.45, 2.75) is 380 Å². The summed E-state index contributed by atoms with van der Waals surface area (Å²) in [5.74, 6) is -2.18. The van der Waals surface area contributed by atoms with E-state index in [9.17, 15) is 43.2 Å². The molecule has 572 valence electrons. The number of carbonyl (C=O) groups is 4. The third-order valence-electron chi connectivity index (χ3n) is 16.9. The van der Waals surface area contributed by atoms with Crippen LogP contribution in [0.1, 0.15) is 362 Å². The molecule has 0 saturated carbocycles. The van der Waals surface area contributed by atoms with Crippen molar-refractivity contribution in [2.24, 2.45) is 0 Å². The summed E-state index contributed by atoms with van der Waals surface area (Å²) < 4.78 is 68.5. The highest BCUT2D eigenvalue weighted by atomic mass is 31.2. The number of aliphatic hydroxyl groups is 1. The number of phosphoric ester groups is 2. The van der Waals surface area contributed by atoms with Crippen LogP contribution in [0, 0.1) is 0 Å². The molecule has 19 heteroatoms. The number of hydrogen-bond donors (Lipinski definition) is 3. The van der Waals surface area contributed by atoms with Crippen LogP contribution in [0.25, 0.3) is 0 Å². The first-order chi connectivity index (χ1) is 47.7. The van der Waals surface area contributed by atoms with Gasteiger partial charge in [0, 0.05) is 25.7 Å². The minimum atomic E-state index is -4.97. The van der Waals surface area contributed by atoms with Gasteiger partial charge in [-0.05, 0) is 135 Å². The molecule has 5 atom stereocenters. The van der Waals surface area contributed by atoms with Crippen LogP contribution in [0.5, 0.6) is 0 Å². The molecule has 0 aromatic carbocycles. The molecule has 0 aromatic rings. The maximum Gasteiger partial charge on any atom is 0.472 e. The third-order valence-corrected chi connectivity index (χ3v) is 18.8. The second-order valence-electron chi connectivity index (χ2n) is 26.6. The molecule has 98 heavy (non-hydrogen) atoms. The van der Waals surface area contributed by atoms with E-state index in [4.69, 9.17) is 37.0 Å². The van der Waals surface area contributed by atoms with E-state index in [0.717, 1.165) is 173 Å². The smallest absolute Gasteiger partial charge is 0.462 e. The van der Waals surface area contributed by atoms with Gasteiger partial charge < -0.3 is 33.8 Å². The van der Waals surface area contributed by atoms with Gasteiger partial charge in [0.1, 0.15) is 19.3 Å². The summed E-state index contributed by atoms with van der Waals surface area (Å²) in [4.78, 5) is 72.9. The Morgan fingerprint density at radius 3 is 0.796 bits per heavy atom. The zero-order valence-corrected chi connectivity index (χ0v) is 64.3. The standard InChI is InChI=1S/C79H144O17P2/c1-5-9-13-17-21-25-29-33-36-40-44-48-52-56-60-64-77(82)90-70-75(96-79(84)66-62-58-54-50-46-42-38-35-31-27-23-19-15-11-7-3)72-94-98(87,88)92-68-73(80)67-91-97(85,86)93-71-74(69-89-76(81)63-59-55-51-47-43-39-32-28-24-20-16-12-8-4)95-78(83)65-61-57-53-49-45-41-37-34-30-26-22-18-14-10-6-2/h22,26-28,31-34,36-37,73-75,80H,5-21,23-25,29-30,35,38-72H2,1-4H3,(H,85,86)(H,87,88)/b26-22-,31-27-,32-28-,36-33-,37-34-/t73-,74+,75+/m0/s1. The number of allylic oxidation sites excluding steroid dienone is 10. The van der Waals surface area contributed by atoms with Crippen LogP contribution in [0.2, 0.25) is 0 Å². The van der Waals surface area contributed by atoms with Crippen molar-refractivity contribution < 1.29 is 80.2 Å². The quantitative estimate of drug-likeness (QED) is 0.0169. The molecule has 0 saturated heterocycles. The molecule has 0 fully saturated rings. The zero-order chi connectivity index (χ0) is 71.8. The summed E-state index contributed by atoms with van der Waals surface area (Å²) in [5.41, 5.74) is 0. The van der Waals surface area contributed by atoms with Gasteiger partial charge in [0.15, 0.2) is 12.2 Å². The SMILES string of the molecule is CCCCC/C=C\C/C=C\CCCCCCCC(=O)O[C@H](COC(=O)CCCCCCC/C=C\CCCCCC)COP(=O)(O)OC[C@H](O)COP(=O)(O)OC[C@@H](COC(=O)CCCCCCC/C=C\CCCCCCCC)OC(=O)CCCCCCCCC/C=C\CCCCCC. The van der Waals surface area contributed by atoms with E-state index in [1.165, 1.54) is 109 Å². The zero-order valence-electron chi connectivity index (χ0n) is 62.5. The number of hydrogen-bond acceptors (Lipinski definition) is 15. The summed E-state index contributed by atoms with van der Waals surface area (Å²) in [7, 11) is -9.95. The van der Waals surface area contributed by atoms with Gasteiger partial charge in [-0.25, -0.2) is 9.13 Å². The molecular weight excluding hydrogens is 1280 g/mol. The van der Waals surface area contributed by atoms with E-state index in [1.807, 2.05) is 0 Å². The fourth-order valence-corrected chi connectivity index (χ4v) is 12.4. The van der Waals surface area contributed by atoms with E-state index in [-0.39, 0.29) is 25.7 Å². The summed E-state index contributed by atoms with van der Waals surface area (Å²) in [6, 6.07) is 0. The Labute approximate surface area is 597 Å². The highest BCUT2D eigenvalue weighted by Gasteiger charge is 2.30. The minimum absolute atomic E-state index is 0.0808. The van der Waals surface area contributed by atoms with Gasteiger partial charge in [0.05, 0.1) is 26.4 Å². The van der Waals surface area contributed by atoms with Crippen molar-refractivity contribution in [1.29, 1.82) is 0 Å². The van der Waals surface area contributed by atoms with Crippen molar-refractivity contribution >= 4 is 39.5 Å². The number of esters is 4. The van der Waals surface area contributed by atoms with Gasteiger partial charge in [-0.15, -0.1) is 0 Å². The highest BCUT2D eigenvalue weighted by molar-refractivity contribution is 7.47. The minimum Gasteiger partial charge on any atom is -0.462 e. The van der Waals surface area contributed by atoms with Gasteiger partial charge in [-0.2, -0.15) is 0 Å². The van der Waals surface area contributed by atoms with Crippen molar-refractivity contribution in [1.82, 2.24) is 0 Å². The second kappa shape index (κ2) is 72.1. The van der Waals surface area contributed by atoms with Crippen LogP contribution >= 0.6 is 15.6 Å². The topological polar surface area (TPSA) is 237 Å². The monoisotopic (exact) mass is 1430 g/mol. The van der Waals surface area contributed by atoms with E-state index in [1.54, 1.807) is 0 Å². The molecule has 0 rings (SSSR count). The maximum absolute atomic E-state index is 13.1. The lowest BCUT2D eigenvalue weighted by molar-refractivity contribution is -0.161. The van der Waals surface area contributed by atoms with Crippen molar-refractivity contribution in [3.8, 4) is 0 Å². The average molecular weight is 1430 g/mol. The highest BCUT2D eigenvalue weighted by Crippen LogP contribution is 2.45. The molecule has 0 aliphatic heterocycles. The molecule has 0 aliphatic rings. The lowest BCUT2D eigenvalue weighted by atomic mass is 10.1. The number of ether oxygens (including phenoxy) is 4. The summed E-state index contributed by atoms with van der Waals surface area (Å²) >= 11 is 0. The molecule has 0 heterocycles. The lowest BCUT2D eigenvalue weighted by Crippen LogP contribution is -2.30. The second-order valence-corrected chi connectivity index (χ2v) is 29.5. The summed E-state index contributed by atoms with van der Waals surface area (Å²) in [6.07, 6.45) is 70.5. The van der Waals surface area contributed by atoms with Gasteiger partial charge in [0.25, 0.3) is 0 Å². The lowest BCUT2D eigenvalue weighted by Gasteiger charge is -2.21. The predicted molar refractivity (Wildman–Crippen MR) is 400 cm³/mol. The van der Waals surface area contributed by atoms with Crippen LogP contribution < -0.4 is 0 Å². The van der Waals surface area contributed by atoms with Crippen LogP contribution in [0.15, 0.2) is 60.8 Å². The summed E-state index contributed by atoms with van der Waals surface area (Å²) in [5, 5.41) is 10.6. The van der Waals surface area contributed by atoms with Gasteiger partial charge in [-0.3, -0.25) is 37.3 Å². The van der Waals surface area contributed by atoms with Crippen molar-refractivity contribution in [2.75, 3.05) is 39.6 Å². The van der Waals surface area contributed by atoms with Crippen LogP contribution in [0.3, 0.4) is 0 Å². The number of aliphatic hydroxyl groups excluding tert-OH is 1. The van der Waals surface area contributed by atoms with E-state index in [2.05, 4.69) is 88.5 Å². The van der Waals surface area contributed by atoms with Gasteiger partial charge in [0.2, 0.25) is 0 Å². The fourth-order valence-electron chi connectivity index (χ4n) is 10.8. The first kappa shape index (κ1) is 94.8. The van der Waals surface area contributed by atoms with Crippen molar-refractivity contribution in [3.05, 3.63) is 60.8 Å². The Bertz CT molecular complexity index is 2100. The molecule has 0 spiro atoms. The molecule has 0 aromatic heterocycles. The Morgan fingerprint density at radius 2 is 0.500 bits per heavy atom. The molecule has 0 bridgehead atoms. The van der Waals surface area contributed by atoms with E-state index in [0.29, 0.717) is 25.7 Å². The fraction of sp³-hybridized carbons (Fsp3) is 0.823. The van der Waals surface area contributed by atoms with E-state index >= 15 is 0 Å². The Hall–Kier alpha value is -3.24. The first-order valence-electron chi connectivity index (χ1n) is 39.5. The largest absolute Gasteiger partial charge is 0.472 e. The Morgan fingerprint density at radius 1 is 0.286 bits per heavy atom. The number of phosphoric acid groups is 2. The average Bonchev–Trinajstić information content (AvgIpc) is 1.05. The normalized spacial score (nSPS) is 14.2. The molecule has 17 nitrogen and oxygen atoms in total. The number of rotatable bonds is 75. The number of carbonyl (C=O) groups excluding carboxylic acids is 4. The molecule has 3 N–H and O–H groups in total. The first-order valence-corrected chi connectivity index (χ1v) is 42.5. The Balaban J connectivity index is 5.35. The van der Waals surface area contributed by atoms with Gasteiger partial charge in [-0.1, -0.05) is 262 Å². The predicted octanol–water partition coefficient (Wildman–Crippen LogP) is 22.7. The summed E-state index contributed by atoms with van der Waals surface area (Å²) in [6.45, 7) is 4.84. The van der Waals surface area contributed by atoms with E-state index < -0.39 is 97.5 Å². The number of unbranched alkanes of at least 4 members (excludes halogenated alkanes) is 39. The molecular formula is C79H144O17P2. The molecule has 0 radical (unpaired) electrons. The van der Waals surface area contributed by atoms with Crippen LogP contribution in [0.4, 0.5) is 0 Å². The molecule has 0 amide bonds. The maximum atomic E-state index is 13.1. The van der Waals surface area contributed by atoms with Gasteiger partial charge >= 0.3 is 39.5 Å². The van der Waals surface area contributed by atoms with Crippen LogP contribution in [-0.2, 0) is 65.4 Å². The molecule has 0 aliphatic carbocycles.